The van der Waals surface area contributed by atoms with Gasteiger partial charge in [-0.2, -0.15) is 0 Å². The zero-order valence-electron chi connectivity index (χ0n) is 9.98. The summed E-state index contributed by atoms with van der Waals surface area (Å²) in [4.78, 5) is 10.5. The normalized spacial score (nSPS) is 40.2. The van der Waals surface area contributed by atoms with E-state index in [1.54, 1.807) is 0 Å². The Bertz CT molecular complexity index is 321. The molecule has 1 unspecified atom stereocenters. The number of aliphatic carboxylic acids is 1. The van der Waals surface area contributed by atoms with Crippen LogP contribution in [0.1, 0.15) is 19.8 Å². The highest BCUT2D eigenvalue weighted by atomic mass is 16.7. The second kappa shape index (κ2) is 5.08. The van der Waals surface area contributed by atoms with Gasteiger partial charge in [0.25, 0.3) is 0 Å². The Morgan fingerprint density at radius 1 is 1.50 bits per heavy atom. The maximum Gasteiger partial charge on any atom is 0.303 e. The summed E-state index contributed by atoms with van der Waals surface area (Å²) in [6.45, 7) is 0.901. The first-order chi connectivity index (χ1) is 8.12. The van der Waals surface area contributed by atoms with Gasteiger partial charge in [0, 0.05) is 6.42 Å². The van der Waals surface area contributed by atoms with Gasteiger partial charge < -0.3 is 36.0 Å². The summed E-state index contributed by atoms with van der Waals surface area (Å²) in [5.74, 6) is -3.43. The lowest BCUT2D eigenvalue weighted by molar-refractivity contribution is -0.345. The van der Waals surface area contributed by atoms with Crippen molar-refractivity contribution in [2.24, 2.45) is 5.73 Å². The molecule has 5 atom stereocenters. The summed E-state index contributed by atoms with van der Waals surface area (Å²) in [6.07, 6.45) is -5.28. The molecule has 1 aliphatic heterocycles. The first-order valence-electron chi connectivity index (χ1n) is 5.53. The van der Waals surface area contributed by atoms with E-state index in [1.807, 2.05) is 0 Å². The summed E-state index contributed by atoms with van der Waals surface area (Å²) in [6, 6.07) is 0. The molecule has 0 aliphatic carbocycles. The van der Waals surface area contributed by atoms with Gasteiger partial charge in [0.05, 0.1) is 12.1 Å². The van der Waals surface area contributed by atoms with Crippen LogP contribution in [0, 0.1) is 0 Å². The van der Waals surface area contributed by atoms with E-state index in [0.29, 0.717) is 0 Å². The minimum Gasteiger partial charge on any atom is -0.481 e. The third-order valence-electron chi connectivity index (χ3n) is 3.27. The van der Waals surface area contributed by atoms with Gasteiger partial charge in [-0.1, -0.05) is 0 Å². The highest BCUT2D eigenvalue weighted by Crippen LogP contribution is 2.34. The first-order valence-corrected chi connectivity index (χ1v) is 5.53. The molecule has 0 spiro atoms. The molecular formula is C10H19NO7. The van der Waals surface area contributed by atoms with Gasteiger partial charge in [0.2, 0.25) is 5.79 Å². The second-order valence-corrected chi connectivity index (χ2v) is 4.82. The van der Waals surface area contributed by atoms with Crippen molar-refractivity contribution in [1.29, 1.82) is 0 Å². The van der Waals surface area contributed by atoms with Crippen LogP contribution in [0.25, 0.3) is 0 Å². The van der Waals surface area contributed by atoms with Gasteiger partial charge in [-0.15, -0.1) is 0 Å². The van der Waals surface area contributed by atoms with Gasteiger partial charge in [-0.3, -0.25) is 4.79 Å². The standard InChI is InChI=1S/C10H19NO7/c1-9(11,3-2-6(13)14)10(17)8(16)7(15)5(12)4-18-10/h5,7-8,12,15-17H,2-4,11H2,1H3,(H,13,14)/t5-,7+,8-,9?,10+/m1/s1. The van der Waals surface area contributed by atoms with E-state index in [-0.39, 0.29) is 12.8 Å². The SMILES string of the molecule is CC(N)(CCC(=O)O)[C@@]1(O)OC[C@@H](O)[C@H](O)[C@H]1O. The van der Waals surface area contributed by atoms with Crippen LogP contribution < -0.4 is 5.73 Å². The van der Waals surface area contributed by atoms with Gasteiger partial charge in [0.15, 0.2) is 0 Å². The van der Waals surface area contributed by atoms with Gasteiger partial charge >= 0.3 is 5.97 Å². The highest BCUT2D eigenvalue weighted by molar-refractivity contribution is 5.66. The van der Waals surface area contributed by atoms with Crippen LogP contribution in [0.3, 0.4) is 0 Å². The van der Waals surface area contributed by atoms with E-state index in [1.165, 1.54) is 6.92 Å². The Morgan fingerprint density at radius 3 is 2.56 bits per heavy atom. The van der Waals surface area contributed by atoms with E-state index in [9.17, 15) is 25.2 Å². The number of carbonyl (C=O) groups is 1. The fourth-order valence-corrected chi connectivity index (χ4v) is 1.89. The lowest BCUT2D eigenvalue weighted by Crippen LogP contribution is -2.72. The second-order valence-electron chi connectivity index (χ2n) is 4.82. The number of nitrogens with two attached hydrogens (primary N) is 1. The van der Waals surface area contributed by atoms with Gasteiger partial charge in [-0.05, 0) is 13.3 Å². The topological polar surface area (TPSA) is 153 Å². The molecule has 8 heteroatoms. The molecule has 8 nitrogen and oxygen atoms in total. The molecule has 0 aromatic carbocycles. The van der Waals surface area contributed by atoms with Crippen LogP contribution in [0.4, 0.5) is 0 Å². The molecule has 18 heavy (non-hydrogen) atoms. The van der Waals surface area contributed by atoms with Crippen molar-refractivity contribution in [2.75, 3.05) is 6.61 Å². The molecule has 1 heterocycles. The lowest BCUT2D eigenvalue weighted by Gasteiger charge is -2.49. The van der Waals surface area contributed by atoms with Crippen molar-refractivity contribution < 1.29 is 35.1 Å². The van der Waals surface area contributed by atoms with Crippen LogP contribution in [-0.4, -0.2) is 67.7 Å². The van der Waals surface area contributed by atoms with Crippen molar-refractivity contribution in [1.82, 2.24) is 0 Å². The summed E-state index contributed by atoms with van der Waals surface area (Å²) < 4.78 is 4.94. The highest BCUT2D eigenvalue weighted by Gasteiger charge is 2.57. The van der Waals surface area contributed by atoms with Crippen LogP contribution in [0.5, 0.6) is 0 Å². The average Bonchev–Trinajstić information content (AvgIpc) is 2.29. The van der Waals surface area contributed by atoms with Crippen LogP contribution >= 0.6 is 0 Å². The van der Waals surface area contributed by atoms with E-state index in [0.717, 1.165) is 0 Å². The van der Waals surface area contributed by atoms with Crippen molar-refractivity contribution in [2.45, 2.75) is 49.4 Å². The molecule has 0 aromatic rings. The predicted octanol–water partition coefficient (Wildman–Crippen LogP) is -2.63. The summed E-state index contributed by atoms with van der Waals surface area (Å²) in [7, 11) is 0. The summed E-state index contributed by atoms with van der Waals surface area (Å²) in [5.41, 5.74) is 4.19. The number of ether oxygens (including phenoxy) is 1. The smallest absolute Gasteiger partial charge is 0.303 e. The molecule has 0 radical (unpaired) electrons. The van der Waals surface area contributed by atoms with Crippen molar-refractivity contribution >= 4 is 5.97 Å². The number of aliphatic hydroxyl groups excluding tert-OH is 3. The van der Waals surface area contributed by atoms with E-state index in [4.69, 9.17) is 15.6 Å². The molecule has 1 aliphatic rings. The summed E-state index contributed by atoms with van der Waals surface area (Å²) in [5, 5.41) is 47.3. The number of hydrogen-bond acceptors (Lipinski definition) is 7. The van der Waals surface area contributed by atoms with Gasteiger partial charge in [0.1, 0.15) is 18.3 Å². The number of hydrogen-bond donors (Lipinski definition) is 6. The third-order valence-corrected chi connectivity index (χ3v) is 3.27. The molecule has 7 N–H and O–H groups in total. The van der Waals surface area contributed by atoms with Crippen molar-refractivity contribution in [3.63, 3.8) is 0 Å². The van der Waals surface area contributed by atoms with E-state index < -0.39 is 42.2 Å². The zero-order valence-corrected chi connectivity index (χ0v) is 9.98. The monoisotopic (exact) mass is 265 g/mol. The van der Waals surface area contributed by atoms with Crippen molar-refractivity contribution in [3.05, 3.63) is 0 Å². The minimum atomic E-state index is -2.32. The number of aliphatic hydroxyl groups is 4. The Balaban J connectivity index is 2.87. The van der Waals surface area contributed by atoms with Crippen LogP contribution in [0.2, 0.25) is 0 Å². The largest absolute Gasteiger partial charge is 0.481 e. The predicted molar refractivity (Wildman–Crippen MR) is 58.4 cm³/mol. The number of carboxylic acid groups (broad SMARTS) is 1. The lowest BCUT2D eigenvalue weighted by atomic mass is 9.79. The average molecular weight is 265 g/mol. The zero-order chi connectivity index (χ0) is 14.1. The molecule has 0 saturated carbocycles. The molecular weight excluding hydrogens is 246 g/mol. The third kappa shape index (κ3) is 2.63. The Kier molecular flexibility index (Phi) is 4.31. The molecule has 0 amide bonds. The van der Waals surface area contributed by atoms with Crippen LogP contribution in [-0.2, 0) is 9.53 Å². The Labute approximate surface area is 104 Å². The van der Waals surface area contributed by atoms with E-state index >= 15 is 0 Å². The quantitative estimate of drug-likeness (QED) is 0.322. The summed E-state index contributed by atoms with van der Waals surface area (Å²) >= 11 is 0. The molecule has 106 valence electrons. The maximum absolute atomic E-state index is 10.5. The first kappa shape index (κ1) is 15.3. The number of carboxylic acids is 1. The Morgan fingerprint density at radius 2 is 2.06 bits per heavy atom. The van der Waals surface area contributed by atoms with Crippen LogP contribution in [0.15, 0.2) is 0 Å². The number of rotatable bonds is 4. The maximum atomic E-state index is 10.5. The molecule has 1 saturated heterocycles. The van der Waals surface area contributed by atoms with Crippen molar-refractivity contribution in [3.8, 4) is 0 Å². The fourth-order valence-electron chi connectivity index (χ4n) is 1.89. The Hall–Kier alpha value is -0.770. The molecule has 0 bridgehead atoms. The molecule has 1 rings (SSSR count). The molecule has 1 fully saturated rings. The van der Waals surface area contributed by atoms with Gasteiger partial charge in [-0.25, -0.2) is 0 Å². The fraction of sp³-hybridized carbons (Fsp3) is 0.900. The van der Waals surface area contributed by atoms with E-state index in [2.05, 4.69) is 0 Å². The molecule has 0 aromatic heterocycles. The minimum absolute atomic E-state index is 0.168.